The Morgan fingerprint density at radius 2 is 1.39 bits per heavy atom. The van der Waals surface area contributed by atoms with Gasteiger partial charge in [0.1, 0.15) is 6.04 Å². The number of rotatable bonds is 8. The Bertz CT molecular complexity index is 1030. The first-order valence-corrected chi connectivity index (χ1v) is 12.3. The third kappa shape index (κ3) is 5.10. The van der Waals surface area contributed by atoms with Crippen LogP contribution in [0.25, 0.3) is 0 Å². The van der Waals surface area contributed by atoms with E-state index in [1.165, 1.54) is 21.2 Å². The highest BCUT2D eigenvalue weighted by molar-refractivity contribution is 7.99. The predicted octanol–water partition coefficient (Wildman–Crippen LogP) is 5.23. The molecule has 3 aromatic carbocycles. The number of nitrogens with zero attached hydrogens (tertiary/aromatic N) is 3. The molecule has 0 amide bonds. The first kappa shape index (κ1) is 23.8. The number of anilines is 2. The maximum atomic E-state index is 10.9. The van der Waals surface area contributed by atoms with Crippen molar-refractivity contribution in [2.24, 2.45) is 0 Å². The number of nitrogens with one attached hydrogen (secondary N) is 1. The van der Waals surface area contributed by atoms with Gasteiger partial charge in [-0.05, 0) is 43.7 Å². The normalized spacial score (nSPS) is 16.2. The number of hydrazine groups is 1. The van der Waals surface area contributed by atoms with Crippen molar-refractivity contribution in [3.63, 3.8) is 0 Å². The number of benzene rings is 3. The van der Waals surface area contributed by atoms with Crippen LogP contribution in [0, 0.1) is 0 Å². The van der Waals surface area contributed by atoms with Gasteiger partial charge in [0, 0.05) is 16.8 Å². The van der Waals surface area contributed by atoms with Crippen LogP contribution >= 0.6 is 11.8 Å². The topological polar surface area (TPSA) is 38.7 Å². The minimum atomic E-state index is -0.572. The summed E-state index contributed by atoms with van der Waals surface area (Å²) in [6.45, 7) is 5.17. The Morgan fingerprint density at radius 1 is 0.879 bits per heavy atom. The van der Waals surface area contributed by atoms with Gasteiger partial charge in [0.2, 0.25) is 0 Å². The zero-order valence-corrected chi connectivity index (χ0v) is 21.0. The number of aliphatic hydroxyl groups excluding tert-OH is 1. The zero-order valence-electron chi connectivity index (χ0n) is 20.1. The van der Waals surface area contributed by atoms with Crippen LogP contribution in [0.4, 0.5) is 11.4 Å². The standard InChI is InChI=1S/C27H35N4OS/c1-20(31(4,5)28-29(3)21(2)27(32)22-13-7-6-8-14-22)19-30-23-15-9-11-17-25(23)33-26-18-12-10-16-24(26)30/h6-18,20-21,27-28,32H,19H2,1-5H3/q+1. The first-order valence-electron chi connectivity index (χ1n) is 11.5. The van der Waals surface area contributed by atoms with Crippen molar-refractivity contribution in [3.05, 3.63) is 84.4 Å². The quantitative estimate of drug-likeness (QED) is 0.354. The number of likely N-dealkylation sites (N-methyl/N-ethyl adjacent to an activating group) is 2. The Kier molecular flexibility index (Phi) is 7.12. The van der Waals surface area contributed by atoms with Gasteiger partial charge in [0.25, 0.3) is 0 Å². The molecule has 4 rings (SSSR count). The molecule has 33 heavy (non-hydrogen) atoms. The van der Waals surface area contributed by atoms with E-state index in [-0.39, 0.29) is 12.1 Å². The van der Waals surface area contributed by atoms with E-state index in [1.54, 1.807) is 0 Å². The molecule has 3 unspecified atom stereocenters. The van der Waals surface area contributed by atoms with Crippen molar-refractivity contribution in [2.75, 3.05) is 32.6 Å². The van der Waals surface area contributed by atoms with Crippen LogP contribution in [0.1, 0.15) is 25.5 Å². The Labute approximate surface area is 202 Å². The maximum absolute atomic E-state index is 10.9. The number of para-hydroxylation sites is 2. The molecule has 3 aromatic rings. The van der Waals surface area contributed by atoms with Gasteiger partial charge in [0.15, 0.2) is 0 Å². The lowest BCUT2D eigenvalue weighted by atomic mass is 10.0. The van der Waals surface area contributed by atoms with Gasteiger partial charge in [-0.2, -0.15) is 5.01 Å². The van der Waals surface area contributed by atoms with Gasteiger partial charge in [-0.3, -0.25) is 0 Å². The highest BCUT2D eigenvalue weighted by atomic mass is 32.2. The van der Waals surface area contributed by atoms with Crippen molar-refractivity contribution in [3.8, 4) is 0 Å². The van der Waals surface area contributed by atoms with Crippen molar-refractivity contribution < 1.29 is 9.70 Å². The lowest BCUT2D eigenvalue weighted by molar-refractivity contribution is -0.968. The van der Waals surface area contributed by atoms with Crippen molar-refractivity contribution in [1.82, 2.24) is 10.5 Å². The lowest BCUT2D eigenvalue weighted by Gasteiger charge is -2.43. The second-order valence-corrected chi connectivity index (χ2v) is 10.4. The molecule has 0 radical (unpaired) electrons. The van der Waals surface area contributed by atoms with Gasteiger partial charge in [-0.15, -0.1) is 0 Å². The van der Waals surface area contributed by atoms with E-state index in [1.807, 2.05) is 61.1 Å². The number of hydrogen-bond donors (Lipinski definition) is 2. The smallest absolute Gasteiger partial charge is 0.122 e. The highest BCUT2D eigenvalue weighted by Crippen LogP contribution is 2.47. The molecule has 0 aliphatic carbocycles. The fourth-order valence-electron chi connectivity index (χ4n) is 4.18. The fraction of sp³-hybridized carbons (Fsp3) is 0.333. The summed E-state index contributed by atoms with van der Waals surface area (Å²) in [7, 11) is 6.37. The summed E-state index contributed by atoms with van der Waals surface area (Å²) in [6, 6.07) is 27.3. The van der Waals surface area contributed by atoms with Crippen molar-refractivity contribution in [2.45, 2.75) is 41.8 Å². The molecule has 3 atom stereocenters. The van der Waals surface area contributed by atoms with Crippen LogP contribution in [-0.2, 0) is 0 Å². The Hall–Kier alpha value is -2.35. The molecule has 0 aromatic heterocycles. The van der Waals surface area contributed by atoms with Crippen LogP contribution in [0.2, 0.25) is 0 Å². The molecule has 0 bridgehead atoms. The average Bonchev–Trinajstić information content (AvgIpc) is 2.83. The van der Waals surface area contributed by atoms with Gasteiger partial charge in [-0.1, -0.05) is 71.9 Å². The van der Waals surface area contributed by atoms with Crippen LogP contribution in [0.3, 0.4) is 0 Å². The number of hydrogen-bond acceptors (Lipinski definition) is 5. The summed E-state index contributed by atoms with van der Waals surface area (Å²) in [4.78, 5) is 5.02. The molecule has 0 spiro atoms. The fourth-order valence-corrected chi connectivity index (χ4v) is 5.28. The minimum absolute atomic E-state index is 0.0927. The van der Waals surface area contributed by atoms with Crippen molar-refractivity contribution >= 4 is 23.1 Å². The second kappa shape index (κ2) is 9.87. The number of fused-ring (bicyclic) bond motifs is 2. The molecule has 1 heterocycles. The molecular weight excluding hydrogens is 428 g/mol. The highest BCUT2D eigenvalue weighted by Gasteiger charge is 2.33. The summed E-state index contributed by atoms with van der Waals surface area (Å²) in [5, 5.41) is 12.9. The van der Waals surface area contributed by atoms with E-state index in [0.717, 1.165) is 12.1 Å². The number of quaternary nitrogens is 1. The van der Waals surface area contributed by atoms with E-state index in [9.17, 15) is 5.11 Å². The third-order valence-corrected chi connectivity index (χ3v) is 7.84. The summed E-state index contributed by atoms with van der Waals surface area (Å²) < 4.78 is 0.580. The zero-order chi connectivity index (χ0) is 23.6. The predicted molar refractivity (Wildman–Crippen MR) is 137 cm³/mol. The summed E-state index contributed by atoms with van der Waals surface area (Å²) in [5.41, 5.74) is 7.07. The third-order valence-electron chi connectivity index (χ3n) is 6.71. The molecule has 0 saturated heterocycles. The van der Waals surface area contributed by atoms with E-state index < -0.39 is 6.10 Å². The maximum Gasteiger partial charge on any atom is 0.122 e. The van der Waals surface area contributed by atoms with E-state index in [4.69, 9.17) is 0 Å². The van der Waals surface area contributed by atoms with Crippen LogP contribution in [0.5, 0.6) is 0 Å². The summed E-state index contributed by atoms with van der Waals surface area (Å²) >= 11 is 1.84. The van der Waals surface area contributed by atoms with E-state index in [0.29, 0.717) is 4.59 Å². The molecular formula is C27H35N4OS+. The molecule has 5 nitrogen and oxygen atoms in total. The molecule has 0 fully saturated rings. The Morgan fingerprint density at radius 3 is 1.97 bits per heavy atom. The monoisotopic (exact) mass is 463 g/mol. The van der Waals surface area contributed by atoms with Crippen LogP contribution in [0.15, 0.2) is 88.7 Å². The molecule has 1 aliphatic heterocycles. The van der Waals surface area contributed by atoms with Gasteiger partial charge < -0.3 is 10.0 Å². The van der Waals surface area contributed by atoms with E-state index in [2.05, 4.69) is 80.0 Å². The van der Waals surface area contributed by atoms with Crippen LogP contribution in [-0.4, -0.2) is 54.5 Å². The Balaban J connectivity index is 1.49. The number of aliphatic hydroxyl groups is 1. The minimum Gasteiger partial charge on any atom is -0.387 e. The first-order chi connectivity index (χ1) is 15.8. The molecule has 2 N–H and O–H groups in total. The van der Waals surface area contributed by atoms with Gasteiger partial charge in [0.05, 0.1) is 44.2 Å². The summed E-state index contributed by atoms with van der Waals surface area (Å²) in [5.74, 6) is 0. The SMILES string of the molecule is CC(C(O)c1ccccc1)N(C)N[N+](C)(C)C(C)CN1c2ccccc2Sc2ccccc21. The largest absolute Gasteiger partial charge is 0.387 e. The molecule has 0 saturated carbocycles. The van der Waals surface area contributed by atoms with Crippen molar-refractivity contribution in [1.29, 1.82) is 0 Å². The molecule has 174 valence electrons. The average molecular weight is 464 g/mol. The van der Waals surface area contributed by atoms with Gasteiger partial charge in [-0.25, -0.2) is 4.59 Å². The van der Waals surface area contributed by atoms with E-state index >= 15 is 0 Å². The molecule has 1 aliphatic rings. The molecule has 6 heteroatoms. The van der Waals surface area contributed by atoms with Crippen LogP contribution < -0.4 is 10.4 Å². The van der Waals surface area contributed by atoms with Gasteiger partial charge >= 0.3 is 0 Å². The summed E-state index contributed by atoms with van der Waals surface area (Å²) in [6.07, 6.45) is -0.572. The second-order valence-electron chi connectivity index (χ2n) is 9.34. The lowest BCUT2D eigenvalue weighted by Crippen LogP contribution is -2.66.